The Balaban J connectivity index is 2.25. The molecular weight excluding hydrogens is 242 g/mol. The topological polar surface area (TPSA) is 68.9 Å². The van der Waals surface area contributed by atoms with Crippen molar-refractivity contribution >= 4 is 16.6 Å². The van der Waals surface area contributed by atoms with Gasteiger partial charge in [0.25, 0.3) is 5.69 Å². The predicted octanol–water partition coefficient (Wildman–Crippen LogP) is 3.21. The maximum atomic E-state index is 11.0. The molecule has 0 saturated heterocycles. The Morgan fingerprint density at radius 3 is 2.68 bits per heavy atom. The van der Waals surface area contributed by atoms with Gasteiger partial charge in [-0.15, -0.1) is 0 Å². The molecule has 3 aromatic rings. The molecule has 2 aromatic heterocycles. The predicted molar refractivity (Wildman–Crippen MR) is 71.6 cm³/mol. The van der Waals surface area contributed by atoms with E-state index in [0.717, 1.165) is 10.9 Å². The molecule has 19 heavy (non-hydrogen) atoms. The monoisotopic (exact) mass is 251 g/mol. The number of hydrogen-bond donors (Lipinski definition) is 0. The number of nitrogens with zero attached hydrogens (tertiary/aromatic N) is 3. The summed E-state index contributed by atoms with van der Waals surface area (Å²) < 4.78 is 0. The highest BCUT2D eigenvalue weighted by Gasteiger charge is 2.13. The standard InChI is InChI=1S/C14H9N3O2/c18-17(19)13-5-1-3-10-6-7-12(16-14(10)13)11-4-2-8-15-9-11/h1-9H. The van der Waals surface area contributed by atoms with E-state index in [1.165, 1.54) is 6.07 Å². The first-order valence-corrected chi connectivity index (χ1v) is 5.70. The van der Waals surface area contributed by atoms with Gasteiger partial charge in [-0.25, -0.2) is 4.98 Å². The molecule has 5 heteroatoms. The molecule has 0 spiro atoms. The van der Waals surface area contributed by atoms with Crippen molar-refractivity contribution in [2.75, 3.05) is 0 Å². The number of aromatic nitrogens is 2. The van der Waals surface area contributed by atoms with E-state index in [1.807, 2.05) is 24.3 Å². The average Bonchev–Trinajstić information content (AvgIpc) is 2.47. The quantitative estimate of drug-likeness (QED) is 0.518. The number of hydrogen-bond acceptors (Lipinski definition) is 4. The number of nitro benzene ring substituents is 1. The van der Waals surface area contributed by atoms with Gasteiger partial charge >= 0.3 is 0 Å². The zero-order chi connectivity index (χ0) is 13.2. The Morgan fingerprint density at radius 1 is 1.05 bits per heavy atom. The first kappa shape index (κ1) is 11.3. The molecule has 2 heterocycles. The van der Waals surface area contributed by atoms with E-state index in [1.54, 1.807) is 24.5 Å². The summed E-state index contributed by atoms with van der Waals surface area (Å²) in [6, 6.07) is 12.3. The summed E-state index contributed by atoms with van der Waals surface area (Å²) in [4.78, 5) is 19.0. The Hall–Kier alpha value is -2.82. The first-order valence-electron chi connectivity index (χ1n) is 5.70. The fourth-order valence-corrected chi connectivity index (χ4v) is 1.95. The van der Waals surface area contributed by atoms with Crippen LogP contribution < -0.4 is 0 Å². The second-order valence-electron chi connectivity index (χ2n) is 4.04. The molecule has 0 aliphatic heterocycles. The second kappa shape index (κ2) is 4.45. The van der Waals surface area contributed by atoms with Gasteiger partial charge in [0.15, 0.2) is 0 Å². The van der Waals surface area contributed by atoms with Crippen LogP contribution >= 0.6 is 0 Å². The van der Waals surface area contributed by atoms with Crippen molar-refractivity contribution in [1.82, 2.24) is 9.97 Å². The van der Waals surface area contributed by atoms with Gasteiger partial charge in [-0.1, -0.05) is 18.2 Å². The van der Waals surface area contributed by atoms with Crippen LogP contribution in [0.1, 0.15) is 0 Å². The zero-order valence-electron chi connectivity index (χ0n) is 9.85. The van der Waals surface area contributed by atoms with Gasteiger partial charge in [-0.2, -0.15) is 0 Å². The molecule has 0 aliphatic carbocycles. The van der Waals surface area contributed by atoms with Crippen molar-refractivity contribution in [3.8, 4) is 11.3 Å². The van der Waals surface area contributed by atoms with Gasteiger partial charge in [0.05, 0.1) is 10.6 Å². The average molecular weight is 251 g/mol. The molecule has 0 atom stereocenters. The minimum atomic E-state index is -0.414. The van der Waals surface area contributed by atoms with Gasteiger partial charge in [-0.3, -0.25) is 15.1 Å². The summed E-state index contributed by atoms with van der Waals surface area (Å²) in [5.41, 5.74) is 1.93. The normalized spacial score (nSPS) is 10.5. The van der Waals surface area contributed by atoms with Crippen LogP contribution in [0.3, 0.4) is 0 Å². The molecule has 3 rings (SSSR count). The molecule has 1 aromatic carbocycles. The Bertz CT molecular complexity index is 757. The maximum absolute atomic E-state index is 11.0. The number of rotatable bonds is 2. The van der Waals surface area contributed by atoms with E-state index in [0.29, 0.717) is 11.2 Å². The molecule has 0 bridgehead atoms. The summed E-state index contributed by atoms with van der Waals surface area (Å²) in [5.74, 6) is 0. The first-order chi connectivity index (χ1) is 9.25. The van der Waals surface area contributed by atoms with Gasteiger partial charge in [0.2, 0.25) is 0 Å². The smallest absolute Gasteiger partial charge is 0.264 e. The highest BCUT2D eigenvalue weighted by atomic mass is 16.6. The third-order valence-corrected chi connectivity index (χ3v) is 2.85. The minimum Gasteiger partial charge on any atom is -0.264 e. The van der Waals surface area contributed by atoms with Crippen LogP contribution in [0, 0.1) is 10.1 Å². The second-order valence-corrected chi connectivity index (χ2v) is 4.04. The third kappa shape index (κ3) is 2.01. The highest BCUT2D eigenvalue weighted by molar-refractivity contribution is 5.88. The van der Waals surface area contributed by atoms with Crippen LogP contribution in [0.2, 0.25) is 0 Å². The Morgan fingerprint density at radius 2 is 1.95 bits per heavy atom. The maximum Gasteiger partial charge on any atom is 0.295 e. The number of pyridine rings is 2. The van der Waals surface area contributed by atoms with Crippen LogP contribution in [0.4, 0.5) is 5.69 Å². The van der Waals surface area contributed by atoms with Gasteiger partial charge < -0.3 is 0 Å². The molecule has 0 amide bonds. The van der Waals surface area contributed by atoms with E-state index in [2.05, 4.69) is 9.97 Å². The molecule has 0 saturated carbocycles. The largest absolute Gasteiger partial charge is 0.295 e. The summed E-state index contributed by atoms with van der Waals surface area (Å²) in [6.07, 6.45) is 3.36. The summed E-state index contributed by atoms with van der Waals surface area (Å²) in [5, 5.41) is 11.8. The minimum absolute atomic E-state index is 0.0169. The number of fused-ring (bicyclic) bond motifs is 1. The van der Waals surface area contributed by atoms with Crippen LogP contribution in [0.5, 0.6) is 0 Å². The van der Waals surface area contributed by atoms with Gasteiger partial charge in [0, 0.05) is 29.4 Å². The number of non-ortho nitro benzene ring substituents is 1. The lowest BCUT2D eigenvalue weighted by Crippen LogP contribution is -1.93. The molecule has 0 aliphatic rings. The van der Waals surface area contributed by atoms with Crippen molar-refractivity contribution in [2.45, 2.75) is 0 Å². The number of para-hydroxylation sites is 1. The fourth-order valence-electron chi connectivity index (χ4n) is 1.95. The van der Waals surface area contributed by atoms with E-state index in [4.69, 9.17) is 0 Å². The van der Waals surface area contributed by atoms with Crippen LogP contribution in [0.25, 0.3) is 22.2 Å². The van der Waals surface area contributed by atoms with Crippen molar-refractivity contribution in [3.05, 3.63) is 65.0 Å². The molecule has 92 valence electrons. The molecule has 0 fully saturated rings. The number of benzene rings is 1. The van der Waals surface area contributed by atoms with Crippen molar-refractivity contribution < 1.29 is 4.92 Å². The van der Waals surface area contributed by atoms with E-state index >= 15 is 0 Å². The van der Waals surface area contributed by atoms with E-state index in [9.17, 15) is 10.1 Å². The van der Waals surface area contributed by atoms with Crippen molar-refractivity contribution in [3.63, 3.8) is 0 Å². The van der Waals surface area contributed by atoms with E-state index in [-0.39, 0.29) is 5.69 Å². The van der Waals surface area contributed by atoms with Crippen LogP contribution in [-0.2, 0) is 0 Å². The van der Waals surface area contributed by atoms with Crippen LogP contribution in [0.15, 0.2) is 54.9 Å². The van der Waals surface area contributed by atoms with Crippen molar-refractivity contribution in [1.29, 1.82) is 0 Å². The van der Waals surface area contributed by atoms with Gasteiger partial charge in [0.1, 0.15) is 5.52 Å². The van der Waals surface area contributed by atoms with E-state index < -0.39 is 4.92 Å². The van der Waals surface area contributed by atoms with Gasteiger partial charge in [-0.05, 0) is 18.2 Å². The molecular formula is C14H9N3O2. The molecule has 5 nitrogen and oxygen atoms in total. The highest BCUT2D eigenvalue weighted by Crippen LogP contribution is 2.26. The lowest BCUT2D eigenvalue weighted by molar-refractivity contribution is -0.383. The SMILES string of the molecule is O=[N+]([O-])c1cccc2ccc(-c3cccnc3)nc12. The molecule has 0 radical (unpaired) electrons. The molecule has 0 unspecified atom stereocenters. The van der Waals surface area contributed by atoms with Crippen LogP contribution in [-0.4, -0.2) is 14.9 Å². The summed E-state index contributed by atoms with van der Waals surface area (Å²) >= 11 is 0. The molecule has 0 N–H and O–H groups in total. The fraction of sp³-hybridized carbons (Fsp3) is 0. The lowest BCUT2D eigenvalue weighted by atomic mass is 10.1. The number of nitro groups is 1. The Labute approximate surface area is 108 Å². The third-order valence-electron chi connectivity index (χ3n) is 2.85. The zero-order valence-corrected chi connectivity index (χ0v) is 9.85. The summed E-state index contributed by atoms with van der Waals surface area (Å²) in [6.45, 7) is 0. The van der Waals surface area contributed by atoms with Crippen molar-refractivity contribution in [2.24, 2.45) is 0 Å². The summed E-state index contributed by atoms with van der Waals surface area (Å²) in [7, 11) is 0. The lowest BCUT2D eigenvalue weighted by Gasteiger charge is -2.03. The Kier molecular flexibility index (Phi) is 2.64.